The van der Waals surface area contributed by atoms with Gasteiger partial charge in [-0.25, -0.2) is 0 Å². The van der Waals surface area contributed by atoms with E-state index in [0.29, 0.717) is 28.9 Å². The summed E-state index contributed by atoms with van der Waals surface area (Å²) >= 11 is 5.91. The van der Waals surface area contributed by atoms with Crippen LogP contribution in [0.15, 0.2) is 28.8 Å². The predicted molar refractivity (Wildman–Crippen MR) is 92.3 cm³/mol. The minimum absolute atomic E-state index is 0.0766. The van der Waals surface area contributed by atoms with Crippen molar-refractivity contribution in [1.29, 1.82) is 0 Å². The Kier molecular flexibility index (Phi) is 7.09. The molecule has 0 aliphatic carbocycles. The summed E-state index contributed by atoms with van der Waals surface area (Å²) in [6, 6.07) is 6.50. The fourth-order valence-corrected chi connectivity index (χ4v) is 2.28. The first-order chi connectivity index (χ1) is 12.1. The highest BCUT2D eigenvalue weighted by Gasteiger charge is 2.17. The highest BCUT2D eigenvalue weighted by Crippen LogP contribution is 2.30. The number of nitrogens with one attached hydrogen (secondary N) is 1. The normalized spacial score (nSPS) is 11.8. The first kappa shape index (κ1) is 19.1. The zero-order chi connectivity index (χ0) is 18.2. The van der Waals surface area contributed by atoms with Crippen molar-refractivity contribution in [2.45, 2.75) is 26.0 Å². The summed E-state index contributed by atoms with van der Waals surface area (Å²) in [5.41, 5.74) is 0.191. The van der Waals surface area contributed by atoms with Crippen LogP contribution < -0.4 is 14.8 Å². The van der Waals surface area contributed by atoms with Crippen LogP contribution in [-0.4, -0.2) is 37.9 Å². The van der Waals surface area contributed by atoms with Crippen LogP contribution in [-0.2, 0) is 11.3 Å². The van der Waals surface area contributed by atoms with Gasteiger partial charge in [-0.15, -0.1) is 0 Å². The lowest BCUT2D eigenvalue weighted by Gasteiger charge is -2.14. The number of rotatable bonds is 9. The minimum Gasteiger partial charge on any atom is -0.493 e. The Labute approximate surface area is 151 Å². The van der Waals surface area contributed by atoms with Crippen LogP contribution in [0.4, 0.5) is 0 Å². The van der Waals surface area contributed by atoms with Crippen molar-refractivity contribution in [2.75, 3.05) is 20.8 Å². The Balaban J connectivity index is 1.96. The zero-order valence-corrected chi connectivity index (χ0v) is 15.1. The molecule has 0 aliphatic heterocycles. The average Bonchev–Trinajstić information content (AvgIpc) is 3.09. The molecule has 1 heterocycles. The Morgan fingerprint density at radius 1 is 1.32 bits per heavy atom. The maximum atomic E-state index is 12.1. The number of carbonyl (C=O) groups is 1. The zero-order valence-electron chi connectivity index (χ0n) is 14.4. The molecule has 2 aromatic rings. The Morgan fingerprint density at radius 2 is 2.12 bits per heavy atom. The van der Waals surface area contributed by atoms with Crippen LogP contribution in [0.2, 0.25) is 5.02 Å². The van der Waals surface area contributed by atoms with Gasteiger partial charge < -0.3 is 24.1 Å². The molecule has 0 aliphatic rings. The summed E-state index contributed by atoms with van der Waals surface area (Å²) in [7, 11) is 3.12. The number of halogens is 1. The number of ether oxygens (including phenoxy) is 3. The summed E-state index contributed by atoms with van der Waals surface area (Å²) in [6.45, 7) is 2.51. The van der Waals surface area contributed by atoms with Gasteiger partial charge in [-0.2, -0.15) is 0 Å². The molecule has 1 atom stereocenters. The van der Waals surface area contributed by atoms with Crippen LogP contribution in [0.3, 0.4) is 0 Å². The summed E-state index contributed by atoms with van der Waals surface area (Å²) in [5, 5.41) is 7.15. The van der Waals surface area contributed by atoms with Crippen LogP contribution in [0.25, 0.3) is 0 Å². The Morgan fingerprint density at radius 3 is 2.80 bits per heavy atom. The average molecular weight is 369 g/mol. The third-order valence-electron chi connectivity index (χ3n) is 3.48. The van der Waals surface area contributed by atoms with E-state index < -0.39 is 0 Å². The highest BCUT2D eigenvalue weighted by molar-refractivity contribution is 6.30. The van der Waals surface area contributed by atoms with E-state index in [-0.39, 0.29) is 24.2 Å². The predicted octanol–water partition coefficient (Wildman–Crippen LogP) is 3.07. The third kappa shape index (κ3) is 5.37. The van der Waals surface area contributed by atoms with E-state index in [1.165, 1.54) is 13.2 Å². The summed E-state index contributed by atoms with van der Waals surface area (Å²) in [5.74, 6) is 1.13. The van der Waals surface area contributed by atoms with Crippen LogP contribution in [0.5, 0.6) is 11.5 Å². The highest BCUT2D eigenvalue weighted by atomic mass is 35.5. The van der Waals surface area contributed by atoms with Gasteiger partial charge in [-0.1, -0.05) is 23.7 Å². The molecule has 7 nitrogen and oxygen atoms in total. The first-order valence-corrected chi connectivity index (χ1v) is 8.16. The van der Waals surface area contributed by atoms with E-state index in [0.717, 1.165) is 6.42 Å². The van der Waals surface area contributed by atoms with E-state index in [4.69, 9.17) is 30.3 Å². The molecule has 1 amide bonds. The number of nitrogens with zero attached hydrogens (tertiary/aromatic N) is 1. The monoisotopic (exact) mass is 368 g/mol. The van der Waals surface area contributed by atoms with Gasteiger partial charge >= 0.3 is 0 Å². The van der Waals surface area contributed by atoms with E-state index in [9.17, 15) is 4.79 Å². The van der Waals surface area contributed by atoms with Crippen molar-refractivity contribution in [3.8, 4) is 11.5 Å². The van der Waals surface area contributed by atoms with Gasteiger partial charge in [0.15, 0.2) is 23.0 Å². The molecule has 0 spiro atoms. The summed E-state index contributed by atoms with van der Waals surface area (Å²) < 4.78 is 21.0. The maximum absolute atomic E-state index is 12.1. The van der Waals surface area contributed by atoms with Crippen LogP contribution >= 0.6 is 11.6 Å². The van der Waals surface area contributed by atoms with Crippen molar-refractivity contribution in [2.24, 2.45) is 0 Å². The second kappa shape index (κ2) is 9.29. The van der Waals surface area contributed by atoms with Crippen LogP contribution in [0.1, 0.15) is 29.6 Å². The summed E-state index contributed by atoms with van der Waals surface area (Å²) in [4.78, 5) is 12.1. The lowest BCUT2D eigenvalue weighted by atomic mass is 10.2. The molecule has 0 saturated carbocycles. The first-order valence-electron chi connectivity index (χ1n) is 7.79. The molecule has 0 saturated heterocycles. The molecule has 0 fully saturated rings. The second-order valence-electron chi connectivity index (χ2n) is 5.30. The molecule has 1 N–H and O–H groups in total. The molecular weight excluding hydrogens is 348 g/mol. The van der Waals surface area contributed by atoms with E-state index >= 15 is 0 Å². The fraction of sp³-hybridized carbons (Fsp3) is 0.412. The van der Waals surface area contributed by atoms with Gasteiger partial charge in [0, 0.05) is 24.3 Å². The standard InChI is InChI=1S/C17H21ClN2O5/c1-4-12(9-22-2)19-17(21)14-8-13(25-20-14)10-24-15-6-5-11(18)7-16(15)23-3/h5-8,12H,4,9-10H2,1-3H3,(H,19,21)/t12-/m0/s1. The van der Waals surface area contributed by atoms with Crippen LogP contribution in [0, 0.1) is 0 Å². The van der Waals surface area contributed by atoms with Crippen molar-refractivity contribution in [1.82, 2.24) is 10.5 Å². The quantitative estimate of drug-likeness (QED) is 0.732. The fourth-order valence-electron chi connectivity index (χ4n) is 2.12. The molecule has 0 unspecified atom stereocenters. The van der Waals surface area contributed by atoms with Gasteiger partial charge in [0.05, 0.1) is 19.8 Å². The Hall–Kier alpha value is -2.25. The number of hydrogen-bond acceptors (Lipinski definition) is 6. The number of benzene rings is 1. The molecule has 136 valence electrons. The van der Waals surface area contributed by atoms with Crippen molar-refractivity contribution in [3.05, 3.63) is 40.7 Å². The second-order valence-corrected chi connectivity index (χ2v) is 5.73. The molecule has 25 heavy (non-hydrogen) atoms. The third-order valence-corrected chi connectivity index (χ3v) is 3.72. The van der Waals surface area contributed by atoms with Crippen molar-refractivity contribution >= 4 is 17.5 Å². The van der Waals surface area contributed by atoms with Crippen molar-refractivity contribution in [3.63, 3.8) is 0 Å². The maximum Gasteiger partial charge on any atom is 0.273 e. The van der Waals surface area contributed by atoms with Crippen molar-refractivity contribution < 1.29 is 23.5 Å². The smallest absolute Gasteiger partial charge is 0.273 e. The molecular formula is C17H21ClN2O5. The van der Waals surface area contributed by atoms with Gasteiger partial charge in [0.1, 0.15) is 6.61 Å². The number of methoxy groups -OCH3 is 2. The Bertz CT molecular complexity index is 704. The molecule has 1 aromatic carbocycles. The SMILES string of the molecule is CC[C@@H](COC)NC(=O)c1cc(COc2ccc(Cl)cc2OC)on1. The van der Waals surface area contributed by atoms with Gasteiger partial charge in [0.2, 0.25) is 0 Å². The largest absolute Gasteiger partial charge is 0.493 e. The topological polar surface area (TPSA) is 82.8 Å². The summed E-state index contributed by atoms with van der Waals surface area (Å²) in [6.07, 6.45) is 0.754. The lowest BCUT2D eigenvalue weighted by Crippen LogP contribution is -2.37. The van der Waals surface area contributed by atoms with E-state index in [1.807, 2.05) is 6.92 Å². The number of hydrogen-bond donors (Lipinski definition) is 1. The number of aromatic nitrogens is 1. The molecule has 8 heteroatoms. The number of carbonyl (C=O) groups excluding carboxylic acids is 1. The van der Waals surface area contributed by atoms with Gasteiger partial charge in [-0.05, 0) is 18.6 Å². The number of amides is 1. The molecule has 1 aromatic heterocycles. The molecule has 0 bridgehead atoms. The van der Waals surface area contributed by atoms with E-state index in [2.05, 4.69) is 10.5 Å². The van der Waals surface area contributed by atoms with Gasteiger partial charge in [-0.3, -0.25) is 4.79 Å². The van der Waals surface area contributed by atoms with Gasteiger partial charge in [0.25, 0.3) is 5.91 Å². The molecule has 0 radical (unpaired) electrons. The van der Waals surface area contributed by atoms with E-state index in [1.54, 1.807) is 25.3 Å². The molecule has 2 rings (SSSR count). The lowest BCUT2D eigenvalue weighted by molar-refractivity contribution is 0.0885. The minimum atomic E-state index is -0.317.